The SMILES string of the molecule is COC(=O)c1sc(-n2cnc3cc(Cl)ccc32)cc1O[C@H](C)c1cccc(OCCBr)c1Cl. The van der Waals surface area contributed by atoms with Crippen LogP contribution in [0, 0.1) is 0 Å². The number of benzene rings is 2. The summed E-state index contributed by atoms with van der Waals surface area (Å²) in [6, 6.07) is 12.8. The molecule has 2 aromatic heterocycles. The van der Waals surface area contributed by atoms with Crippen molar-refractivity contribution < 1.29 is 19.0 Å². The molecule has 4 rings (SSSR count). The fraction of sp³-hybridized carbons (Fsp3) is 0.217. The molecule has 33 heavy (non-hydrogen) atoms. The number of esters is 1. The Balaban J connectivity index is 1.69. The van der Waals surface area contributed by atoms with Crippen molar-refractivity contribution in [1.82, 2.24) is 9.55 Å². The van der Waals surface area contributed by atoms with Crippen LogP contribution in [0.1, 0.15) is 28.3 Å². The molecule has 0 spiro atoms. The van der Waals surface area contributed by atoms with E-state index in [-0.39, 0.29) is 0 Å². The second-order valence-corrected chi connectivity index (χ2v) is 9.61. The van der Waals surface area contributed by atoms with E-state index in [0.29, 0.717) is 38.4 Å². The first-order chi connectivity index (χ1) is 15.9. The first-order valence-electron chi connectivity index (χ1n) is 9.92. The molecule has 6 nitrogen and oxygen atoms in total. The van der Waals surface area contributed by atoms with E-state index in [1.165, 1.54) is 18.4 Å². The molecular weight excluding hydrogens is 551 g/mol. The van der Waals surface area contributed by atoms with Gasteiger partial charge < -0.3 is 14.2 Å². The van der Waals surface area contributed by atoms with Gasteiger partial charge in [-0.3, -0.25) is 4.57 Å². The number of halogens is 3. The molecule has 0 aliphatic heterocycles. The standard InChI is InChI=1S/C23H19BrCl2N2O4S/c1-13(15-4-3-5-18(21(15)26)31-9-8-24)32-19-11-20(33-22(19)23(29)30-2)28-12-27-16-10-14(25)6-7-17(16)28/h3-7,10-13H,8-9H2,1-2H3/t13-/m1/s1. The van der Waals surface area contributed by atoms with E-state index >= 15 is 0 Å². The molecular formula is C23H19BrCl2N2O4S. The van der Waals surface area contributed by atoms with Crippen LogP contribution in [0.4, 0.5) is 0 Å². The number of hydrogen-bond acceptors (Lipinski definition) is 6. The molecule has 10 heteroatoms. The van der Waals surface area contributed by atoms with Crippen molar-refractivity contribution in [3.63, 3.8) is 0 Å². The number of alkyl halides is 1. The fourth-order valence-electron chi connectivity index (χ4n) is 3.32. The second kappa shape index (κ2) is 10.3. The number of imidazole rings is 1. The summed E-state index contributed by atoms with van der Waals surface area (Å²) in [5.74, 6) is 0.487. The zero-order valence-electron chi connectivity index (χ0n) is 17.7. The van der Waals surface area contributed by atoms with Crippen LogP contribution in [0.15, 0.2) is 48.8 Å². The van der Waals surface area contributed by atoms with E-state index < -0.39 is 12.1 Å². The van der Waals surface area contributed by atoms with Crippen LogP contribution in [-0.4, -0.2) is 34.6 Å². The summed E-state index contributed by atoms with van der Waals surface area (Å²) in [7, 11) is 1.34. The number of methoxy groups -OCH3 is 1. The van der Waals surface area contributed by atoms with Gasteiger partial charge in [-0.05, 0) is 31.2 Å². The predicted octanol–water partition coefficient (Wildman–Crippen LogP) is 7.09. The van der Waals surface area contributed by atoms with Crippen molar-refractivity contribution in [1.29, 1.82) is 0 Å². The minimum atomic E-state index is -0.485. The van der Waals surface area contributed by atoms with Crippen LogP contribution < -0.4 is 9.47 Å². The molecule has 0 bridgehead atoms. The van der Waals surface area contributed by atoms with Gasteiger partial charge in [-0.1, -0.05) is 51.3 Å². The lowest BCUT2D eigenvalue weighted by Gasteiger charge is -2.18. The summed E-state index contributed by atoms with van der Waals surface area (Å²) < 4.78 is 18.8. The van der Waals surface area contributed by atoms with Gasteiger partial charge >= 0.3 is 5.97 Å². The minimum Gasteiger partial charge on any atom is -0.491 e. The van der Waals surface area contributed by atoms with Crippen molar-refractivity contribution in [2.24, 2.45) is 0 Å². The number of fused-ring (bicyclic) bond motifs is 1. The minimum absolute atomic E-state index is 0.345. The Bertz CT molecular complexity index is 1310. The molecule has 0 fully saturated rings. The topological polar surface area (TPSA) is 62.6 Å². The number of ether oxygens (including phenoxy) is 3. The molecule has 1 atom stereocenters. The smallest absolute Gasteiger partial charge is 0.351 e. The van der Waals surface area contributed by atoms with Gasteiger partial charge in [0.1, 0.15) is 28.9 Å². The Morgan fingerprint density at radius 3 is 2.79 bits per heavy atom. The average molecular weight is 570 g/mol. The van der Waals surface area contributed by atoms with Crippen LogP contribution in [-0.2, 0) is 4.74 Å². The zero-order valence-corrected chi connectivity index (χ0v) is 21.6. The van der Waals surface area contributed by atoms with E-state index in [9.17, 15) is 4.79 Å². The summed E-state index contributed by atoms with van der Waals surface area (Å²) in [5, 5.41) is 2.52. The van der Waals surface area contributed by atoms with Crippen molar-refractivity contribution in [2.45, 2.75) is 13.0 Å². The zero-order chi connectivity index (χ0) is 23.5. The number of aromatic nitrogens is 2. The van der Waals surface area contributed by atoms with Crippen LogP contribution in [0.25, 0.3) is 16.0 Å². The van der Waals surface area contributed by atoms with Crippen molar-refractivity contribution >= 4 is 67.5 Å². The van der Waals surface area contributed by atoms with Gasteiger partial charge in [-0.2, -0.15) is 0 Å². The number of thiophene rings is 1. The first kappa shape index (κ1) is 23.9. The van der Waals surface area contributed by atoms with Crippen molar-refractivity contribution in [3.05, 3.63) is 69.3 Å². The van der Waals surface area contributed by atoms with E-state index in [4.69, 9.17) is 37.4 Å². The highest BCUT2D eigenvalue weighted by molar-refractivity contribution is 9.09. The largest absolute Gasteiger partial charge is 0.491 e. The van der Waals surface area contributed by atoms with Gasteiger partial charge in [0.2, 0.25) is 0 Å². The normalized spacial score (nSPS) is 12.0. The third-order valence-electron chi connectivity index (χ3n) is 4.87. The maximum atomic E-state index is 12.5. The molecule has 0 aliphatic rings. The lowest BCUT2D eigenvalue weighted by atomic mass is 10.1. The number of carbonyl (C=O) groups excluding carboxylic acids is 1. The fourth-order valence-corrected chi connectivity index (χ4v) is 4.98. The molecule has 4 aromatic rings. The maximum Gasteiger partial charge on any atom is 0.351 e. The summed E-state index contributed by atoms with van der Waals surface area (Å²) in [4.78, 5) is 17.3. The molecule has 0 radical (unpaired) electrons. The summed E-state index contributed by atoms with van der Waals surface area (Å²) in [5.41, 5.74) is 2.35. The van der Waals surface area contributed by atoms with E-state index in [1.807, 2.05) is 29.7 Å². The maximum absolute atomic E-state index is 12.5. The van der Waals surface area contributed by atoms with E-state index in [1.54, 1.807) is 30.6 Å². The van der Waals surface area contributed by atoms with Crippen LogP contribution in [0.5, 0.6) is 11.5 Å². The summed E-state index contributed by atoms with van der Waals surface area (Å²) in [6.07, 6.45) is 1.23. The van der Waals surface area contributed by atoms with Gasteiger partial charge in [0.05, 0.1) is 29.8 Å². The highest BCUT2D eigenvalue weighted by atomic mass is 79.9. The lowest BCUT2D eigenvalue weighted by molar-refractivity contribution is 0.0600. The second-order valence-electron chi connectivity index (χ2n) is 6.97. The Kier molecular flexibility index (Phi) is 7.48. The predicted molar refractivity (Wildman–Crippen MR) is 135 cm³/mol. The lowest BCUT2D eigenvalue weighted by Crippen LogP contribution is -2.08. The molecule has 0 amide bonds. The van der Waals surface area contributed by atoms with Gasteiger partial charge in [-0.15, -0.1) is 11.3 Å². The quantitative estimate of drug-likeness (QED) is 0.167. The molecule has 0 N–H and O–H groups in total. The Morgan fingerprint density at radius 1 is 1.21 bits per heavy atom. The van der Waals surface area contributed by atoms with Gasteiger partial charge in [0, 0.05) is 22.0 Å². The third kappa shape index (κ3) is 4.99. The molecule has 2 heterocycles. The number of hydrogen-bond donors (Lipinski definition) is 0. The van der Waals surface area contributed by atoms with E-state index in [0.717, 1.165) is 21.6 Å². The van der Waals surface area contributed by atoms with Crippen molar-refractivity contribution in [2.75, 3.05) is 19.0 Å². The monoisotopic (exact) mass is 568 g/mol. The third-order valence-corrected chi connectivity index (χ3v) is 6.93. The van der Waals surface area contributed by atoms with Crippen LogP contribution in [0.2, 0.25) is 10.0 Å². The number of nitrogens with zero attached hydrogens (tertiary/aromatic N) is 2. The highest BCUT2D eigenvalue weighted by Crippen LogP contribution is 2.39. The highest BCUT2D eigenvalue weighted by Gasteiger charge is 2.23. The van der Waals surface area contributed by atoms with Crippen molar-refractivity contribution in [3.8, 4) is 16.5 Å². The Labute approximate surface area is 213 Å². The molecule has 0 saturated carbocycles. The molecule has 0 saturated heterocycles. The summed E-state index contributed by atoms with van der Waals surface area (Å²) >= 11 is 17.2. The molecule has 172 valence electrons. The number of carbonyl (C=O) groups is 1. The molecule has 2 aromatic carbocycles. The molecule has 0 aliphatic carbocycles. The van der Waals surface area contributed by atoms with Gasteiger partial charge in [0.15, 0.2) is 4.88 Å². The first-order valence-corrected chi connectivity index (χ1v) is 12.6. The average Bonchev–Trinajstić information content (AvgIpc) is 3.41. The van der Waals surface area contributed by atoms with Gasteiger partial charge in [0.25, 0.3) is 0 Å². The Hall–Kier alpha value is -2.26. The molecule has 0 unspecified atom stereocenters. The van der Waals surface area contributed by atoms with E-state index in [2.05, 4.69) is 20.9 Å². The summed E-state index contributed by atoms with van der Waals surface area (Å²) in [6.45, 7) is 2.35. The van der Waals surface area contributed by atoms with Crippen LogP contribution in [0.3, 0.4) is 0 Å². The number of rotatable bonds is 8. The van der Waals surface area contributed by atoms with Crippen LogP contribution >= 0.6 is 50.5 Å². The van der Waals surface area contributed by atoms with Gasteiger partial charge in [-0.25, -0.2) is 9.78 Å². The Morgan fingerprint density at radius 2 is 2.03 bits per heavy atom.